The van der Waals surface area contributed by atoms with Gasteiger partial charge in [0, 0.05) is 10.7 Å². The number of nitriles is 1. The Balaban J connectivity index is 2.17. The second kappa shape index (κ2) is 8.30. The van der Waals surface area contributed by atoms with Gasteiger partial charge in [-0.15, -0.1) is 0 Å². The van der Waals surface area contributed by atoms with E-state index in [9.17, 15) is 9.18 Å². The highest BCUT2D eigenvalue weighted by Gasteiger charge is 2.11. The Morgan fingerprint density at radius 1 is 1.21 bits per heavy atom. The van der Waals surface area contributed by atoms with Gasteiger partial charge in [-0.3, -0.25) is 4.79 Å². The van der Waals surface area contributed by atoms with E-state index in [4.69, 9.17) is 28.5 Å². The highest BCUT2D eigenvalue weighted by Crippen LogP contribution is 2.20. The molecule has 0 heterocycles. The van der Waals surface area contributed by atoms with Crippen LogP contribution in [0.15, 0.2) is 65.2 Å². The van der Waals surface area contributed by atoms with Gasteiger partial charge in [0.2, 0.25) is 0 Å². The number of anilines is 1. The highest BCUT2D eigenvalue weighted by atomic mass is 35.5. The Bertz CT molecular complexity index is 855. The van der Waals surface area contributed by atoms with E-state index in [2.05, 4.69) is 5.32 Å². The lowest BCUT2D eigenvalue weighted by Gasteiger charge is -2.05. The zero-order chi connectivity index (χ0) is 17.5. The van der Waals surface area contributed by atoms with Crippen molar-refractivity contribution in [3.05, 3.63) is 81.6 Å². The molecule has 2 rings (SSSR count). The van der Waals surface area contributed by atoms with Gasteiger partial charge < -0.3 is 5.32 Å². The largest absolute Gasteiger partial charge is 0.321 e. The number of nitrogens with zero attached hydrogens (tertiary/aromatic N) is 1. The van der Waals surface area contributed by atoms with Gasteiger partial charge in [0.15, 0.2) is 0 Å². The van der Waals surface area contributed by atoms with Crippen LogP contribution in [0.3, 0.4) is 0 Å². The molecule has 1 N–H and O–H groups in total. The van der Waals surface area contributed by atoms with Gasteiger partial charge in [-0.25, -0.2) is 4.39 Å². The van der Waals surface area contributed by atoms with Crippen molar-refractivity contribution in [1.82, 2.24) is 0 Å². The summed E-state index contributed by atoms with van der Waals surface area (Å²) < 4.78 is 13.1. The molecule has 0 fully saturated rings. The number of hydrogen-bond acceptors (Lipinski definition) is 2. The third-order valence-electron chi connectivity index (χ3n) is 2.93. The summed E-state index contributed by atoms with van der Waals surface area (Å²) in [6, 6.07) is 14.7. The van der Waals surface area contributed by atoms with Crippen molar-refractivity contribution in [3.63, 3.8) is 0 Å². The fourth-order valence-electron chi connectivity index (χ4n) is 1.81. The predicted molar refractivity (Wildman–Crippen MR) is 94.0 cm³/mol. The normalized spacial score (nSPS) is 11.8. The minimum atomic E-state index is -0.667. The van der Waals surface area contributed by atoms with Crippen LogP contribution in [0, 0.1) is 17.1 Å². The summed E-state index contributed by atoms with van der Waals surface area (Å²) in [7, 11) is 0. The Morgan fingerprint density at radius 3 is 2.54 bits per heavy atom. The van der Waals surface area contributed by atoms with Crippen LogP contribution in [0.4, 0.5) is 10.1 Å². The summed E-state index contributed by atoms with van der Waals surface area (Å²) in [5.74, 6) is -1.26. The van der Waals surface area contributed by atoms with E-state index >= 15 is 0 Å². The lowest BCUT2D eigenvalue weighted by Crippen LogP contribution is -2.13. The van der Waals surface area contributed by atoms with Crippen molar-refractivity contribution in [2.45, 2.75) is 0 Å². The number of carbonyl (C=O) groups is 1. The molecular formula is C18H11Cl2FN2O. The van der Waals surface area contributed by atoms with Gasteiger partial charge in [-0.1, -0.05) is 53.5 Å². The molecule has 0 aliphatic carbocycles. The standard InChI is InChI=1S/C18H11Cl2FN2O/c19-14(8-12-4-2-1-3-5-12)9-13(11-22)18(24)23-15-6-7-17(21)16(20)10-15/h1-10H,(H,23,24)/b13-9+,14-8-. The zero-order valence-corrected chi connectivity index (χ0v) is 13.8. The van der Waals surface area contributed by atoms with Crippen LogP contribution in [-0.2, 0) is 4.79 Å². The van der Waals surface area contributed by atoms with E-state index in [1.807, 2.05) is 30.3 Å². The lowest BCUT2D eigenvalue weighted by molar-refractivity contribution is -0.112. The topological polar surface area (TPSA) is 52.9 Å². The molecule has 0 spiro atoms. The molecule has 0 aliphatic rings. The third-order valence-corrected chi connectivity index (χ3v) is 3.44. The number of amides is 1. The van der Waals surface area contributed by atoms with E-state index in [1.165, 1.54) is 18.2 Å². The molecule has 0 unspecified atom stereocenters. The lowest BCUT2D eigenvalue weighted by atomic mass is 10.2. The first-order valence-electron chi connectivity index (χ1n) is 6.80. The van der Waals surface area contributed by atoms with Gasteiger partial charge >= 0.3 is 0 Å². The summed E-state index contributed by atoms with van der Waals surface area (Å²) in [5.41, 5.74) is 0.921. The fraction of sp³-hybridized carbons (Fsp3) is 0. The van der Waals surface area contributed by atoms with Crippen LogP contribution in [0.2, 0.25) is 5.02 Å². The highest BCUT2D eigenvalue weighted by molar-refractivity contribution is 6.33. The number of rotatable bonds is 4. The minimum Gasteiger partial charge on any atom is -0.321 e. The second-order valence-electron chi connectivity index (χ2n) is 4.69. The molecule has 3 nitrogen and oxygen atoms in total. The van der Waals surface area contributed by atoms with E-state index in [1.54, 1.807) is 12.1 Å². The molecule has 2 aromatic carbocycles. The molecule has 0 aliphatic heterocycles. The summed E-state index contributed by atoms with van der Waals surface area (Å²) >= 11 is 11.7. The average Bonchev–Trinajstić information content (AvgIpc) is 2.57. The fourth-order valence-corrected chi connectivity index (χ4v) is 2.22. The average molecular weight is 361 g/mol. The molecule has 6 heteroatoms. The summed E-state index contributed by atoms with van der Waals surface area (Å²) in [5, 5.41) is 11.7. The number of benzene rings is 2. The Hall–Kier alpha value is -2.61. The number of nitrogens with one attached hydrogen (secondary N) is 1. The molecule has 120 valence electrons. The van der Waals surface area contributed by atoms with Crippen LogP contribution in [0.5, 0.6) is 0 Å². The zero-order valence-electron chi connectivity index (χ0n) is 12.3. The van der Waals surface area contributed by atoms with Gasteiger partial charge in [0.25, 0.3) is 5.91 Å². The van der Waals surface area contributed by atoms with Crippen molar-refractivity contribution in [3.8, 4) is 6.07 Å². The molecule has 0 radical (unpaired) electrons. The Kier molecular flexibility index (Phi) is 6.14. The maximum absolute atomic E-state index is 13.1. The van der Waals surface area contributed by atoms with Crippen LogP contribution in [0.1, 0.15) is 5.56 Å². The van der Waals surface area contributed by atoms with Gasteiger partial charge in [-0.2, -0.15) is 5.26 Å². The Morgan fingerprint density at radius 2 is 1.92 bits per heavy atom. The van der Waals surface area contributed by atoms with Gasteiger partial charge in [0.1, 0.15) is 17.5 Å². The predicted octanol–water partition coefficient (Wildman–Crippen LogP) is 5.15. The Labute approximate surface area is 148 Å². The number of allylic oxidation sites excluding steroid dienone is 2. The minimum absolute atomic E-state index is 0.128. The maximum atomic E-state index is 13.1. The van der Waals surface area contributed by atoms with E-state index in [-0.39, 0.29) is 21.3 Å². The molecule has 0 saturated heterocycles. The quantitative estimate of drug-likeness (QED) is 0.465. The summed E-state index contributed by atoms with van der Waals surface area (Å²) in [6.45, 7) is 0. The second-order valence-corrected chi connectivity index (χ2v) is 5.54. The number of carbonyl (C=O) groups excluding carboxylic acids is 1. The first-order valence-corrected chi connectivity index (χ1v) is 7.55. The van der Waals surface area contributed by atoms with Crippen LogP contribution in [0.25, 0.3) is 6.08 Å². The SMILES string of the molecule is N#C/C(=C\C(Cl)=C\c1ccccc1)C(=O)Nc1ccc(F)c(Cl)c1. The molecule has 1 amide bonds. The van der Waals surface area contributed by atoms with E-state index in [0.717, 1.165) is 11.6 Å². The molecular weight excluding hydrogens is 350 g/mol. The first kappa shape index (κ1) is 17.7. The molecule has 2 aromatic rings. The number of halogens is 3. The van der Waals surface area contributed by atoms with E-state index in [0.29, 0.717) is 0 Å². The monoisotopic (exact) mass is 360 g/mol. The molecule has 0 saturated carbocycles. The van der Waals surface area contributed by atoms with Crippen molar-refractivity contribution in [1.29, 1.82) is 5.26 Å². The number of hydrogen-bond donors (Lipinski definition) is 1. The van der Waals surface area contributed by atoms with E-state index < -0.39 is 11.7 Å². The maximum Gasteiger partial charge on any atom is 0.266 e. The smallest absolute Gasteiger partial charge is 0.266 e. The first-order chi connectivity index (χ1) is 11.5. The van der Waals surface area contributed by atoms with Gasteiger partial charge in [0.05, 0.1) is 5.02 Å². The molecule has 0 bridgehead atoms. The van der Waals surface area contributed by atoms with Crippen LogP contribution >= 0.6 is 23.2 Å². The summed E-state index contributed by atoms with van der Waals surface area (Å²) in [4.78, 5) is 12.1. The van der Waals surface area contributed by atoms with Crippen molar-refractivity contribution in [2.75, 3.05) is 5.32 Å². The third kappa shape index (κ3) is 4.95. The van der Waals surface area contributed by atoms with Crippen LogP contribution in [-0.4, -0.2) is 5.91 Å². The van der Waals surface area contributed by atoms with Crippen molar-refractivity contribution in [2.24, 2.45) is 0 Å². The molecule has 0 aromatic heterocycles. The molecule has 24 heavy (non-hydrogen) atoms. The van der Waals surface area contributed by atoms with Gasteiger partial charge in [-0.05, 0) is 35.9 Å². The summed E-state index contributed by atoms with van der Waals surface area (Å²) in [6.07, 6.45) is 2.88. The molecule has 0 atom stereocenters. The van der Waals surface area contributed by atoms with Crippen LogP contribution < -0.4 is 5.32 Å². The van der Waals surface area contributed by atoms with Crippen molar-refractivity contribution >= 4 is 40.9 Å². The van der Waals surface area contributed by atoms with Crippen molar-refractivity contribution < 1.29 is 9.18 Å².